The number of carbonyl (C=O) groups is 1. The van der Waals surface area contributed by atoms with Crippen molar-refractivity contribution in [3.8, 4) is 5.75 Å². The molecule has 0 aliphatic heterocycles. The number of nitrogens with one attached hydrogen (secondary N) is 2. The highest BCUT2D eigenvalue weighted by atomic mass is 35.5. The molecule has 0 saturated carbocycles. The summed E-state index contributed by atoms with van der Waals surface area (Å²) in [5.41, 5.74) is 0.740. The summed E-state index contributed by atoms with van der Waals surface area (Å²) < 4.78 is 5.13. The molecule has 2 N–H and O–H groups in total. The van der Waals surface area contributed by atoms with Gasteiger partial charge in [0.1, 0.15) is 11.4 Å². The highest BCUT2D eigenvalue weighted by Crippen LogP contribution is 2.27. The minimum Gasteiger partial charge on any atom is -0.497 e. The standard InChI is InChI=1S/C12H9ClN6O2/c1-21-6-2-3-9-7(4-6)8(13)5-10(14-9)11(20)15-12-16-18-19-17-12/h2-5H,1H3,(H2,15,16,17,18,19,20). The van der Waals surface area contributed by atoms with Crippen LogP contribution in [-0.2, 0) is 0 Å². The summed E-state index contributed by atoms with van der Waals surface area (Å²) in [7, 11) is 1.56. The number of methoxy groups -OCH3 is 1. The third-order valence-corrected chi connectivity index (χ3v) is 3.08. The summed E-state index contributed by atoms with van der Waals surface area (Å²) >= 11 is 6.19. The minimum atomic E-state index is -0.476. The summed E-state index contributed by atoms with van der Waals surface area (Å²) in [5.74, 6) is 0.249. The van der Waals surface area contributed by atoms with Crippen LogP contribution in [-0.4, -0.2) is 38.6 Å². The molecule has 0 atom stereocenters. The molecule has 1 aromatic carbocycles. The van der Waals surface area contributed by atoms with Crippen LogP contribution in [0.5, 0.6) is 5.75 Å². The number of ether oxygens (including phenoxy) is 1. The fourth-order valence-electron chi connectivity index (χ4n) is 1.79. The van der Waals surface area contributed by atoms with E-state index in [0.29, 0.717) is 21.7 Å². The van der Waals surface area contributed by atoms with E-state index >= 15 is 0 Å². The number of hydrogen-bond donors (Lipinski definition) is 2. The van der Waals surface area contributed by atoms with Gasteiger partial charge in [-0.15, -0.1) is 5.10 Å². The van der Waals surface area contributed by atoms with Gasteiger partial charge in [0, 0.05) is 5.39 Å². The highest BCUT2D eigenvalue weighted by Gasteiger charge is 2.13. The minimum absolute atomic E-state index is 0.0627. The number of H-pyrrole nitrogens is 1. The monoisotopic (exact) mass is 304 g/mol. The van der Waals surface area contributed by atoms with E-state index < -0.39 is 5.91 Å². The van der Waals surface area contributed by atoms with Gasteiger partial charge in [-0.1, -0.05) is 16.7 Å². The largest absolute Gasteiger partial charge is 0.497 e. The summed E-state index contributed by atoms with van der Waals surface area (Å²) in [4.78, 5) is 16.3. The lowest BCUT2D eigenvalue weighted by Crippen LogP contribution is -2.14. The smallest absolute Gasteiger partial charge is 0.276 e. The second-order valence-corrected chi connectivity index (χ2v) is 4.47. The number of aromatic nitrogens is 5. The van der Waals surface area contributed by atoms with Crippen LogP contribution >= 0.6 is 11.6 Å². The van der Waals surface area contributed by atoms with Crippen LogP contribution in [0.1, 0.15) is 10.5 Å². The molecular formula is C12H9ClN6O2. The van der Waals surface area contributed by atoms with Crippen molar-refractivity contribution in [2.24, 2.45) is 0 Å². The Morgan fingerprint density at radius 3 is 2.95 bits per heavy atom. The molecule has 0 aliphatic rings. The van der Waals surface area contributed by atoms with Gasteiger partial charge in [0.25, 0.3) is 11.9 Å². The zero-order valence-corrected chi connectivity index (χ0v) is 11.5. The molecule has 0 unspecified atom stereocenters. The molecule has 21 heavy (non-hydrogen) atoms. The zero-order chi connectivity index (χ0) is 14.8. The number of anilines is 1. The molecule has 0 aliphatic carbocycles. The van der Waals surface area contributed by atoms with Crippen molar-refractivity contribution >= 4 is 34.4 Å². The molecule has 0 radical (unpaired) electrons. The number of fused-ring (bicyclic) bond motifs is 1. The molecule has 0 spiro atoms. The van der Waals surface area contributed by atoms with Gasteiger partial charge in [-0.05, 0) is 29.5 Å². The topological polar surface area (TPSA) is 106 Å². The molecule has 8 nitrogen and oxygen atoms in total. The number of carbonyl (C=O) groups excluding carboxylic acids is 1. The first-order valence-electron chi connectivity index (χ1n) is 5.86. The third kappa shape index (κ3) is 2.61. The number of hydrogen-bond acceptors (Lipinski definition) is 6. The van der Waals surface area contributed by atoms with Crippen LogP contribution in [0.2, 0.25) is 5.02 Å². The van der Waals surface area contributed by atoms with Gasteiger partial charge >= 0.3 is 0 Å². The van der Waals surface area contributed by atoms with Crippen molar-refractivity contribution in [3.05, 3.63) is 35.0 Å². The molecule has 2 aromatic heterocycles. The first kappa shape index (κ1) is 13.3. The second-order valence-electron chi connectivity index (χ2n) is 4.06. The van der Waals surface area contributed by atoms with Gasteiger partial charge in [0.15, 0.2) is 0 Å². The van der Waals surface area contributed by atoms with Gasteiger partial charge < -0.3 is 4.74 Å². The van der Waals surface area contributed by atoms with Crippen molar-refractivity contribution in [1.82, 2.24) is 25.6 Å². The van der Waals surface area contributed by atoms with Crippen molar-refractivity contribution < 1.29 is 9.53 Å². The third-order valence-electron chi connectivity index (χ3n) is 2.77. The van der Waals surface area contributed by atoms with Crippen LogP contribution in [0.3, 0.4) is 0 Å². The highest BCUT2D eigenvalue weighted by molar-refractivity contribution is 6.35. The van der Waals surface area contributed by atoms with E-state index in [-0.39, 0.29) is 11.6 Å². The van der Waals surface area contributed by atoms with E-state index in [1.54, 1.807) is 25.3 Å². The number of halogens is 1. The number of pyridine rings is 1. The van der Waals surface area contributed by atoms with Crippen LogP contribution in [0.4, 0.5) is 5.95 Å². The first-order valence-corrected chi connectivity index (χ1v) is 6.24. The average Bonchev–Trinajstić information content (AvgIpc) is 2.99. The number of benzene rings is 1. The maximum atomic E-state index is 12.1. The van der Waals surface area contributed by atoms with E-state index in [2.05, 4.69) is 30.9 Å². The quantitative estimate of drug-likeness (QED) is 0.762. The van der Waals surface area contributed by atoms with Crippen LogP contribution in [0.25, 0.3) is 10.9 Å². The molecular weight excluding hydrogens is 296 g/mol. The van der Waals surface area contributed by atoms with E-state index in [4.69, 9.17) is 16.3 Å². The first-order chi connectivity index (χ1) is 10.2. The summed E-state index contributed by atoms with van der Waals surface area (Å²) in [6.07, 6.45) is 0. The molecule has 3 aromatic rings. The Hall–Kier alpha value is -2.74. The number of aromatic amines is 1. The predicted octanol–water partition coefficient (Wildman–Crippen LogP) is 1.66. The van der Waals surface area contributed by atoms with Crippen LogP contribution in [0, 0.1) is 0 Å². The molecule has 0 saturated heterocycles. The Balaban J connectivity index is 1.98. The van der Waals surface area contributed by atoms with Crippen molar-refractivity contribution in [2.75, 3.05) is 12.4 Å². The number of amides is 1. The van der Waals surface area contributed by atoms with Gasteiger partial charge in [0.05, 0.1) is 17.6 Å². The van der Waals surface area contributed by atoms with Crippen LogP contribution in [0.15, 0.2) is 24.3 Å². The van der Waals surface area contributed by atoms with Gasteiger partial charge in [0.2, 0.25) is 0 Å². The number of tetrazole rings is 1. The average molecular weight is 305 g/mol. The molecule has 3 rings (SSSR count). The van der Waals surface area contributed by atoms with E-state index in [0.717, 1.165) is 0 Å². The van der Waals surface area contributed by atoms with E-state index in [1.807, 2.05) is 0 Å². The fourth-order valence-corrected chi connectivity index (χ4v) is 2.04. The molecule has 2 heterocycles. The van der Waals surface area contributed by atoms with Gasteiger partial charge in [-0.25, -0.2) is 4.98 Å². The summed E-state index contributed by atoms with van der Waals surface area (Å²) in [6.45, 7) is 0. The number of nitrogens with zero attached hydrogens (tertiary/aromatic N) is 4. The Labute approximate surface area is 123 Å². The van der Waals surface area contributed by atoms with Gasteiger partial charge in [-0.2, -0.15) is 5.21 Å². The molecule has 0 fully saturated rings. The maximum Gasteiger partial charge on any atom is 0.276 e. The molecule has 106 valence electrons. The lowest BCUT2D eigenvalue weighted by molar-refractivity contribution is 0.102. The van der Waals surface area contributed by atoms with Crippen molar-refractivity contribution in [2.45, 2.75) is 0 Å². The Kier molecular flexibility index (Phi) is 3.36. The molecule has 0 bridgehead atoms. The Morgan fingerprint density at radius 2 is 2.24 bits per heavy atom. The van der Waals surface area contributed by atoms with Crippen molar-refractivity contribution in [3.63, 3.8) is 0 Å². The summed E-state index contributed by atoms with van der Waals surface area (Å²) in [5, 5.41) is 16.4. The Bertz CT molecular complexity index is 805. The van der Waals surface area contributed by atoms with E-state index in [1.165, 1.54) is 6.07 Å². The lowest BCUT2D eigenvalue weighted by Gasteiger charge is -2.06. The number of rotatable bonds is 3. The normalized spacial score (nSPS) is 10.6. The van der Waals surface area contributed by atoms with Gasteiger partial charge in [-0.3, -0.25) is 10.1 Å². The maximum absolute atomic E-state index is 12.1. The fraction of sp³-hybridized carbons (Fsp3) is 0.0833. The lowest BCUT2D eigenvalue weighted by atomic mass is 10.2. The summed E-state index contributed by atoms with van der Waals surface area (Å²) in [6, 6.07) is 6.70. The Morgan fingerprint density at radius 1 is 1.38 bits per heavy atom. The van der Waals surface area contributed by atoms with E-state index in [9.17, 15) is 4.79 Å². The molecule has 9 heteroatoms. The predicted molar refractivity (Wildman–Crippen MR) is 75.4 cm³/mol. The molecule has 1 amide bonds. The second kappa shape index (κ2) is 5.33. The van der Waals surface area contributed by atoms with Crippen LogP contribution < -0.4 is 10.1 Å². The van der Waals surface area contributed by atoms with Crippen molar-refractivity contribution in [1.29, 1.82) is 0 Å². The SMILES string of the molecule is COc1ccc2nc(C(=O)Nc3nn[nH]n3)cc(Cl)c2c1. The zero-order valence-electron chi connectivity index (χ0n) is 10.8.